The summed E-state index contributed by atoms with van der Waals surface area (Å²) in [6, 6.07) is 16.3. The molecule has 0 unspecified atom stereocenters. The van der Waals surface area contributed by atoms with E-state index < -0.39 is 6.10 Å². The standard InChI is InChI=1S/C16H16ClNO2/c1-2-15(20-14-10-8-12(17)9-11-14)16(19)18-13-6-4-3-5-7-13/h3-11,15H,2H2,1H3,(H,18,19)/t15-/m0/s1. The minimum absolute atomic E-state index is 0.159. The molecule has 0 saturated carbocycles. The molecule has 0 fully saturated rings. The fourth-order valence-corrected chi connectivity index (χ4v) is 1.87. The summed E-state index contributed by atoms with van der Waals surface area (Å²) in [5, 5.41) is 3.47. The maximum Gasteiger partial charge on any atom is 0.265 e. The molecule has 1 atom stereocenters. The average Bonchev–Trinajstić information content (AvgIpc) is 2.47. The van der Waals surface area contributed by atoms with Crippen molar-refractivity contribution >= 4 is 23.2 Å². The number of benzene rings is 2. The van der Waals surface area contributed by atoms with Crippen LogP contribution in [0.5, 0.6) is 5.75 Å². The van der Waals surface area contributed by atoms with Gasteiger partial charge in [-0.1, -0.05) is 36.7 Å². The van der Waals surface area contributed by atoms with E-state index in [1.165, 1.54) is 0 Å². The molecule has 0 aromatic heterocycles. The monoisotopic (exact) mass is 289 g/mol. The quantitative estimate of drug-likeness (QED) is 0.898. The van der Waals surface area contributed by atoms with Gasteiger partial charge in [-0.3, -0.25) is 4.79 Å². The van der Waals surface area contributed by atoms with Crippen LogP contribution in [0.4, 0.5) is 5.69 Å². The molecule has 3 nitrogen and oxygen atoms in total. The predicted molar refractivity (Wildman–Crippen MR) is 81.2 cm³/mol. The van der Waals surface area contributed by atoms with E-state index in [0.29, 0.717) is 17.2 Å². The Hall–Kier alpha value is -2.00. The fourth-order valence-electron chi connectivity index (χ4n) is 1.74. The Kier molecular flexibility index (Phi) is 5.02. The van der Waals surface area contributed by atoms with Gasteiger partial charge in [0.15, 0.2) is 6.10 Å². The number of carbonyl (C=O) groups is 1. The van der Waals surface area contributed by atoms with Crippen LogP contribution in [-0.4, -0.2) is 12.0 Å². The zero-order valence-electron chi connectivity index (χ0n) is 11.2. The van der Waals surface area contributed by atoms with Crippen LogP contribution in [0.25, 0.3) is 0 Å². The van der Waals surface area contributed by atoms with Crippen molar-refractivity contribution in [3.05, 3.63) is 59.6 Å². The van der Waals surface area contributed by atoms with Crippen molar-refractivity contribution in [2.75, 3.05) is 5.32 Å². The minimum Gasteiger partial charge on any atom is -0.481 e. The summed E-state index contributed by atoms with van der Waals surface area (Å²) in [6.07, 6.45) is 0.0535. The van der Waals surface area contributed by atoms with Crippen molar-refractivity contribution in [2.45, 2.75) is 19.4 Å². The molecule has 1 amide bonds. The van der Waals surface area contributed by atoms with Gasteiger partial charge in [-0.05, 0) is 42.8 Å². The van der Waals surface area contributed by atoms with E-state index in [9.17, 15) is 4.79 Å². The molecule has 0 heterocycles. The van der Waals surface area contributed by atoms with Crippen molar-refractivity contribution in [1.82, 2.24) is 0 Å². The molecule has 0 aliphatic rings. The van der Waals surface area contributed by atoms with Gasteiger partial charge in [0, 0.05) is 10.7 Å². The number of ether oxygens (including phenoxy) is 1. The number of carbonyl (C=O) groups excluding carboxylic acids is 1. The lowest BCUT2D eigenvalue weighted by Gasteiger charge is -2.17. The molecule has 1 N–H and O–H groups in total. The molecular weight excluding hydrogens is 274 g/mol. The molecule has 104 valence electrons. The number of rotatable bonds is 5. The first kappa shape index (κ1) is 14.4. The number of nitrogens with one attached hydrogen (secondary N) is 1. The molecule has 0 radical (unpaired) electrons. The number of halogens is 1. The molecule has 4 heteroatoms. The Morgan fingerprint density at radius 1 is 1.15 bits per heavy atom. The van der Waals surface area contributed by atoms with Gasteiger partial charge < -0.3 is 10.1 Å². The Morgan fingerprint density at radius 2 is 1.80 bits per heavy atom. The number of amides is 1. The zero-order valence-corrected chi connectivity index (χ0v) is 11.9. The molecule has 2 aromatic carbocycles. The first-order valence-electron chi connectivity index (χ1n) is 6.47. The molecule has 0 spiro atoms. The highest BCUT2D eigenvalue weighted by Gasteiger charge is 2.18. The van der Waals surface area contributed by atoms with Gasteiger partial charge in [-0.15, -0.1) is 0 Å². The van der Waals surface area contributed by atoms with Crippen LogP contribution >= 0.6 is 11.6 Å². The van der Waals surface area contributed by atoms with Gasteiger partial charge in [0.2, 0.25) is 0 Å². The van der Waals surface area contributed by atoms with Crippen molar-refractivity contribution in [2.24, 2.45) is 0 Å². The second-order valence-electron chi connectivity index (χ2n) is 4.32. The molecule has 0 aliphatic heterocycles. The molecular formula is C16H16ClNO2. The third-order valence-corrected chi connectivity index (χ3v) is 3.05. The van der Waals surface area contributed by atoms with E-state index in [1.807, 2.05) is 37.3 Å². The Balaban J connectivity index is 2.00. The van der Waals surface area contributed by atoms with E-state index in [0.717, 1.165) is 5.69 Å². The molecule has 0 saturated heterocycles. The van der Waals surface area contributed by atoms with Gasteiger partial charge in [-0.2, -0.15) is 0 Å². The van der Waals surface area contributed by atoms with E-state index in [2.05, 4.69) is 5.32 Å². The van der Waals surface area contributed by atoms with Crippen LogP contribution in [0, 0.1) is 0 Å². The van der Waals surface area contributed by atoms with E-state index >= 15 is 0 Å². The Morgan fingerprint density at radius 3 is 2.40 bits per heavy atom. The first-order chi connectivity index (χ1) is 9.69. The van der Waals surface area contributed by atoms with E-state index in [4.69, 9.17) is 16.3 Å². The number of hydrogen-bond acceptors (Lipinski definition) is 2. The Labute approximate surface area is 123 Å². The lowest BCUT2D eigenvalue weighted by Crippen LogP contribution is -2.32. The van der Waals surface area contributed by atoms with Crippen LogP contribution < -0.4 is 10.1 Å². The highest BCUT2D eigenvalue weighted by molar-refractivity contribution is 6.30. The van der Waals surface area contributed by atoms with Gasteiger partial charge in [-0.25, -0.2) is 0 Å². The van der Waals surface area contributed by atoms with Crippen LogP contribution in [-0.2, 0) is 4.79 Å². The third-order valence-electron chi connectivity index (χ3n) is 2.80. The summed E-state index contributed by atoms with van der Waals surface area (Å²) in [6.45, 7) is 1.91. The maximum absolute atomic E-state index is 12.2. The van der Waals surface area contributed by atoms with Crippen LogP contribution in [0.3, 0.4) is 0 Å². The Bertz CT molecular complexity index is 554. The number of anilines is 1. The normalized spacial score (nSPS) is 11.7. The molecule has 2 rings (SSSR count). The second-order valence-corrected chi connectivity index (χ2v) is 4.76. The molecule has 2 aromatic rings. The average molecular weight is 290 g/mol. The molecule has 0 bridgehead atoms. The largest absolute Gasteiger partial charge is 0.481 e. The van der Waals surface area contributed by atoms with Crippen LogP contribution in [0.2, 0.25) is 5.02 Å². The van der Waals surface area contributed by atoms with Gasteiger partial charge in [0.05, 0.1) is 0 Å². The van der Waals surface area contributed by atoms with Gasteiger partial charge in [0.1, 0.15) is 5.75 Å². The number of hydrogen-bond donors (Lipinski definition) is 1. The summed E-state index contributed by atoms with van der Waals surface area (Å²) in [4.78, 5) is 12.2. The summed E-state index contributed by atoms with van der Waals surface area (Å²) >= 11 is 5.82. The summed E-state index contributed by atoms with van der Waals surface area (Å²) < 4.78 is 5.68. The summed E-state index contributed by atoms with van der Waals surface area (Å²) in [5.74, 6) is 0.470. The van der Waals surface area contributed by atoms with Crippen LogP contribution in [0.1, 0.15) is 13.3 Å². The molecule has 20 heavy (non-hydrogen) atoms. The fraction of sp³-hybridized carbons (Fsp3) is 0.188. The second kappa shape index (κ2) is 6.96. The smallest absolute Gasteiger partial charge is 0.265 e. The van der Waals surface area contributed by atoms with E-state index in [1.54, 1.807) is 24.3 Å². The topological polar surface area (TPSA) is 38.3 Å². The highest BCUT2D eigenvalue weighted by atomic mass is 35.5. The first-order valence-corrected chi connectivity index (χ1v) is 6.85. The van der Waals surface area contributed by atoms with Crippen LogP contribution in [0.15, 0.2) is 54.6 Å². The lowest BCUT2D eigenvalue weighted by molar-refractivity contribution is -0.122. The van der Waals surface area contributed by atoms with Gasteiger partial charge in [0.25, 0.3) is 5.91 Å². The molecule has 0 aliphatic carbocycles. The summed E-state index contributed by atoms with van der Waals surface area (Å²) in [5.41, 5.74) is 0.760. The van der Waals surface area contributed by atoms with E-state index in [-0.39, 0.29) is 5.91 Å². The summed E-state index contributed by atoms with van der Waals surface area (Å²) in [7, 11) is 0. The van der Waals surface area contributed by atoms with Gasteiger partial charge >= 0.3 is 0 Å². The predicted octanol–water partition coefficient (Wildman–Crippen LogP) is 4.14. The third kappa shape index (κ3) is 4.00. The highest BCUT2D eigenvalue weighted by Crippen LogP contribution is 2.18. The zero-order chi connectivity index (χ0) is 14.4. The minimum atomic E-state index is -0.531. The van der Waals surface area contributed by atoms with Crippen molar-refractivity contribution in [3.63, 3.8) is 0 Å². The van der Waals surface area contributed by atoms with Crippen molar-refractivity contribution in [3.8, 4) is 5.75 Å². The SMILES string of the molecule is CC[C@H](Oc1ccc(Cl)cc1)C(=O)Nc1ccccc1. The maximum atomic E-state index is 12.2. The van der Waals surface area contributed by atoms with Crippen molar-refractivity contribution in [1.29, 1.82) is 0 Å². The number of para-hydroxylation sites is 1. The lowest BCUT2D eigenvalue weighted by atomic mass is 10.2. The van der Waals surface area contributed by atoms with Crippen molar-refractivity contribution < 1.29 is 9.53 Å².